The summed E-state index contributed by atoms with van der Waals surface area (Å²) in [6.07, 6.45) is 1.67. The number of aromatic nitrogens is 1. The number of ether oxygens (including phenoxy) is 2. The number of anilines is 1. The van der Waals surface area contributed by atoms with Crippen molar-refractivity contribution in [3.8, 4) is 11.5 Å². The van der Waals surface area contributed by atoms with E-state index in [0.717, 1.165) is 5.56 Å². The lowest BCUT2D eigenvalue weighted by molar-refractivity contribution is -0.120. The molecule has 0 fully saturated rings. The number of nitrogens with zero attached hydrogens (tertiary/aromatic N) is 2. The van der Waals surface area contributed by atoms with Gasteiger partial charge in [0.15, 0.2) is 18.1 Å². The molecule has 0 saturated carbocycles. The molecule has 0 aliphatic heterocycles. The van der Waals surface area contributed by atoms with Crippen molar-refractivity contribution in [2.75, 3.05) is 18.6 Å². The molecule has 1 amide bonds. The molecule has 1 heterocycles. The van der Waals surface area contributed by atoms with Crippen LogP contribution in [-0.2, 0) is 11.3 Å². The Kier molecular flexibility index (Phi) is 5.83. The molecule has 0 saturated heterocycles. The molecule has 2 aromatic carbocycles. The van der Waals surface area contributed by atoms with Crippen LogP contribution in [0.4, 0.5) is 5.82 Å². The molecular formula is C21H20N2O3. The molecule has 3 rings (SSSR count). The minimum atomic E-state index is -0.182. The molecule has 0 radical (unpaired) electrons. The lowest BCUT2D eigenvalue weighted by Crippen LogP contribution is -2.35. The Morgan fingerprint density at radius 3 is 2.31 bits per heavy atom. The number of rotatable bonds is 7. The third-order valence-corrected chi connectivity index (χ3v) is 3.83. The van der Waals surface area contributed by atoms with Gasteiger partial charge in [0.2, 0.25) is 0 Å². The van der Waals surface area contributed by atoms with Gasteiger partial charge >= 0.3 is 0 Å². The van der Waals surface area contributed by atoms with Crippen LogP contribution in [0.3, 0.4) is 0 Å². The maximum Gasteiger partial charge on any atom is 0.266 e. The molecule has 5 heteroatoms. The van der Waals surface area contributed by atoms with Gasteiger partial charge in [-0.1, -0.05) is 48.5 Å². The van der Waals surface area contributed by atoms with E-state index in [1.165, 1.54) is 0 Å². The highest BCUT2D eigenvalue weighted by Gasteiger charge is 2.18. The first-order chi connectivity index (χ1) is 12.8. The lowest BCUT2D eigenvalue weighted by atomic mass is 10.2. The van der Waals surface area contributed by atoms with Gasteiger partial charge in [-0.05, 0) is 29.8 Å². The van der Waals surface area contributed by atoms with Gasteiger partial charge in [-0.3, -0.25) is 9.69 Å². The van der Waals surface area contributed by atoms with Gasteiger partial charge in [-0.15, -0.1) is 0 Å². The minimum Gasteiger partial charge on any atom is -0.493 e. The van der Waals surface area contributed by atoms with Crippen molar-refractivity contribution in [1.82, 2.24) is 4.98 Å². The number of methoxy groups -OCH3 is 1. The van der Waals surface area contributed by atoms with E-state index in [1.54, 1.807) is 30.3 Å². The first-order valence-electron chi connectivity index (χ1n) is 8.29. The molecule has 0 N–H and O–H groups in total. The molecule has 0 atom stereocenters. The van der Waals surface area contributed by atoms with E-state index in [9.17, 15) is 4.79 Å². The number of hydrogen-bond donors (Lipinski definition) is 0. The van der Waals surface area contributed by atoms with Crippen LogP contribution in [0.15, 0.2) is 79.0 Å². The molecule has 26 heavy (non-hydrogen) atoms. The normalized spacial score (nSPS) is 10.2. The van der Waals surface area contributed by atoms with E-state index in [0.29, 0.717) is 23.9 Å². The van der Waals surface area contributed by atoms with Crippen molar-refractivity contribution in [3.05, 3.63) is 84.6 Å². The van der Waals surface area contributed by atoms with E-state index >= 15 is 0 Å². The van der Waals surface area contributed by atoms with E-state index in [2.05, 4.69) is 4.98 Å². The Hall–Kier alpha value is -3.34. The number of pyridine rings is 1. The maximum atomic E-state index is 12.8. The van der Waals surface area contributed by atoms with Crippen LogP contribution in [0.25, 0.3) is 0 Å². The van der Waals surface area contributed by atoms with Gasteiger partial charge in [0.25, 0.3) is 5.91 Å². The molecule has 0 bridgehead atoms. The number of carbonyl (C=O) groups is 1. The van der Waals surface area contributed by atoms with Crippen molar-refractivity contribution in [3.63, 3.8) is 0 Å². The number of amides is 1. The highest BCUT2D eigenvalue weighted by molar-refractivity contribution is 5.93. The zero-order chi connectivity index (χ0) is 18.2. The first kappa shape index (κ1) is 17.5. The minimum absolute atomic E-state index is 0.107. The van der Waals surface area contributed by atoms with E-state index < -0.39 is 0 Å². The molecule has 132 valence electrons. The number of hydrogen-bond acceptors (Lipinski definition) is 4. The Morgan fingerprint density at radius 1 is 0.923 bits per heavy atom. The standard InChI is InChI=1S/C21H20N2O3/c1-25-18-11-5-6-12-19(18)26-16-21(24)23(20-13-7-8-14-22-20)15-17-9-3-2-4-10-17/h2-14H,15-16H2,1H3. The Bertz CT molecular complexity index is 838. The zero-order valence-corrected chi connectivity index (χ0v) is 14.5. The molecule has 5 nitrogen and oxygen atoms in total. The van der Waals surface area contributed by atoms with Crippen molar-refractivity contribution in [1.29, 1.82) is 0 Å². The molecule has 3 aromatic rings. The molecule has 0 spiro atoms. The fourth-order valence-electron chi connectivity index (χ4n) is 2.53. The molecule has 0 aliphatic carbocycles. The SMILES string of the molecule is COc1ccccc1OCC(=O)N(Cc1ccccc1)c1ccccn1. The largest absolute Gasteiger partial charge is 0.493 e. The summed E-state index contributed by atoms with van der Waals surface area (Å²) >= 11 is 0. The molecule has 0 aliphatic rings. The Balaban J connectivity index is 1.76. The summed E-state index contributed by atoms with van der Waals surface area (Å²) in [5.41, 5.74) is 1.02. The fraction of sp³-hybridized carbons (Fsp3) is 0.143. The average Bonchev–Trinajstić information content (AvgIpc) is 2.72. The highest BCUT2D eigenvalue weighted by Crippen LogP contribution is 2.26. The molecule has 1 aromatic heterocycles. The lowest BCUT2D eigenvalue weighted by Gasteiger charge is -2.22. The van der Waals surface area contributed by atoms with Crippen LogP contribution in [0.1, 0.15) is 5.56 Å². The van der Waals surface area contributed by atoms with Crippen LogP contribution in [0.5, 0.6) is 11.5 Å². The second-order valence-electron chi connectivity index (χ2n) is 5.59. The summed E-state index contributed by atoms with van der Waals surface area (Å²) < 4.78 is 10.9. The summed E-state index contributed by atoms with van der Waals surface area (Å²) in [6.45, 7) is 0.315. The van der Waals surface area contributed by atoms with Gasteiger partial charge in [-0.25, -0.2) is 4.98 Å². The van der Waals surface area contributed by atoms with Crippen LogP contribution in [0.2, 0.25) is 0 Å². The summed E-state index contributed by atoms with van der Waals surface area (Å²) in [6, 6.07) is 22.5. The van der Waals surface area contributed by atoms with Gasteiger partial charge in [-0.2, -0.15) is 0 Å². The van der Waals surface area contributed by atoms with Crippen LogP contribution in [-0.4, -0.2) is 24.6 Å². The van der Waals surface area contributed by atoms with E-state index in [1.807, 2.05) is 60.7 Å². The monoisotopic (exact) mass is 348 g/mol. The fourth-order valence-corrected chi connectivity index (χ4v) is 2.53. The smallest absolute Gasteiger partial charge is 0.266 e. The van der Waals surface area contributed by atoms with Crippen molar-refractivity contribution < 1.29 is 14.3 Å². The van der Waals surface area contributed by atoms with Crippen LogP contribution >= 0.6 is 0 Å². The quantitative estimate of drug-likeness (QED) is 0.653. The Labute approximate surface area is 152 Å². The third-order valence-electron chi connectivity index (χ3n) is 3.83. The highest BCUT2D eigenvalue weighted by atomic mass is 16.5. The predicted octanol–water partition coefficient (Wildman–Crippen LogP) is 3.70. The Morgan fingerprint density at radius 2 is 1.62 bits per heavy atom. The number of carbonyl (C=O) groups excluding carboxylic acids is 1. The predicted molar refractivity (Wildman–Crippen MR) is 100 cm³/mol. The third kappa shape index (κ3) is 4.39. The second kappa shape index (κ2) is 8.67. The van der Waals surface area contributed by atoms with E-state index in [4.69, 9.17) is 9.47 Å². The zero-order valence-electron chi connectivity index (χ0n) is 14.5. The van der Waals surface area contributed by atoms with Crippen molar-refractivity contribution >= 4 is 11.7 Å². The van der Waals surface area contributed by atoms with Crippen LogP contribution in [0, 0.1) is 0 Å². The topological polar surface area (TPSA) is 51.7 Å². The van der Waals surface area contributed by atoms with Gasteiger partial charge in [0.1, 0.15) is 5.82 Å². The number of benzene rings is 2. The summed E-state index contributed by atoms with van der Waals surface area (Å²) in [5, 5.41) is 0. The summed E-state index contributed by atoms with van der Waals surface area (Å²) in [5.74, 6) is 1.53. The second-order valence-corrected chi connectivity index (χ2v) is 5.59. The van der Waals surface area contributed by atoms with Crippen LogP contribution < -0.4 is 14.4 Å². The maximum absolute atomic E-state index is 12.8. The summed E-state index contributed by atoms with van der Waals surface area (Å²) in [7, 11) is 1.57. The van der Waals surface area contributed by atoms with E-state index in [-0.39, 0.29) is 12.5 Å². The van der Waals surface area contributed by atoms with Gasteiger partial charge < -0.3 is 9.47 Å². The number of para-hydroxylation sites is 2. The molecule has 0 unspecified atom stereocenters. The first-order valence-corrected chi connectivity index (χ1v) is 8.29. The van der Waals surface area contributed by atoms with Crippen molar-refractivity contribution in [2.45, 2.75) is 6.54 Å². The molecular weight excluding hydrogens is 328 g/mol. The van der Waals surface area contributed by atoms with Gasteiger partial charge in [0, 0.05) is 6.20 Å². The van der Waals surface area contributed by atoms with Gasteiger partial charge in [0.05, 0.1) is 13.7 Å². The average molecular weight is 348 g/mol. The van der Waals surface area contributed by atoms with Crippen molar-refractivity contribution in [2.24, 2.45) is 0 Å². The summed E-state index contributed by atoms with van der Waals surface area (Å²) in [4.78, 5) is 18.8.